The fraction of sp³-hybridized carbons (Fsp3) is 0.400. The zero-order chi connectivity index (χ0) is 14.4. The van der Waals surface area contributed by atoms with Gasteiger partial charge in [0.15, 0.2) is 0 Å². The Morgan fingerprint density at radius 3 is 2.70 bits per heavy atom. The second-order valence-corrected chi connectivity index (χ2v) is 5.06. The van der Waals surface area contributed by atoms with Crippen LogP contribution in [0.4, 0.5) is 0 Å². The van der Waals surface area contributed by atoms with Gasteiger partial charge in [0.25, 0.3) is 0 Å². The van der Waals surface area contributed by atoms with Crippen LogP contribution >= 0.6 is 0 Å². The largest absolute Gasteiger partial charge is 0.421 e. The summed E-state index contributed by atoms with van der Waals surface area (Å²) in [5.41, 5.74) is 0.898. The summed E-state index contributed by atoms with van der Waals surface area (Å²) in [5.74, 6) is 1.47. The topological polar surface area (TPSA) is 68.0 Å². The zero-order valence-electron chi connectivity index (χ0n) is 11.8. The molecule has 106 valence electrons. The SMILES string of the molecule is CC(C)CC(=O)NCCc1nnc(-c2ccccc2)o1. The summed E-state index contributed by atoms with van der Waals surface area (Å²) in [6.07, 6.45) is 1.09. The van der Waals surface area contributed by atoms with Crippen LogP contribution in [0.3, 0.4) is 0 Å². The molecule has 0 aliphatic heterocycles. The number of carbonyl (C=O) groups is 1. The van der Waals surface area contributed by atoms with Crippen LogP contribution in [0.5, 0.6) is 0 Å². The van der Waals surface area contributed by atoms with Gasteiger partial charge in [-0.15, -0.1) is 10.2 Å². The number of hydrogen-bond acceptors (Lipinski definition) is 4. The van der Waals surface area contributed by atoms with Crippen molar-refractivity contribution in [3.63, 3.8) is 0 Å². The summed E-state index contributed by atoms with van der Waals surface area (Å²) >= 11 is 0. The molecule has 0 fully saturated rings. The van der Waals surface area contributed by atoms with Gasteiger partial charge in [-0.1, -0.05) is 32.0 Å². The molecule has 0 aliphatic rings. The van der Waals surface area contributed by atoms with Crippen molar-refractivity contribution in [1.29, 1.82) is 0 Å². The Labute approximate surface area is 118 Å². The molecule has 1 aromatic carbocycles. The molecule has 1 N–H and O–H groups in total. The van der Waals surface area contributed by atoms with Crippen LogP contribution in [0.25, 0.3) is 11.5 Å². The lowest BCUT2D eigenvalue weighted by molar-refractivity contribution is -0.121. The lowest BCUT2D eigenvalue weighted by Crippen LogP contribution is -2.26. The van der Waals surface area contributed by atoms with E-state index in [1.165, 1.54) is 0 Å². The molecule has 0 aliphatic carbocycles. The van der Waals surface area contributed by atoms with Gasteiger partial charge < -0.3 is 9.73 Å². The van der Waals surface area contributed by atoms with Crippen molar-refractivity contribution in [2.75, 3.05) is 6.54 Å². The molecule has 0 atom stereocenters. The van der Waals surface area contributed by atoms with Gasteiger partial charge in [0, 0.05) is 24.9 Å². The zero-order valence-corrected chi connectivity index (χ0v) is 11.8. The second-order valence-electron chi connectivity index (χ2n) is 5.06. The quantitative estimate of drug-likeness (QED) is 0.877. The monoisotopic (exact) mass is 273 g/mol. The second kappa shape index (κ2) is 6.84. The minimum Gasteiger partial charge on any atom is -0.421 e. The molecule has 5 heteroatoms. The summed E-state index contributed by atoms with van der Waals surface area (Å²) in [6.45, 7) is 4.55. The fourth-order valence-corrected chi connectivity index (χ4v) is 1.80. The minimum absolute atomic E-state index is 0.0581. The molecule has 1 heterocycles. The van der Waals surface area contributed by atoms with Crippen molar-refractivity contribution in [3.8, 4) is 11.5 Å². The standard InChI is InChI=1S/C15H19N3O2/c1-11(2)10-13(19)16-9-8-14-17-18-15(20-14)12-6-4-3-5-7-12/h3-7,11H,8-10H2,1-2H3,(H,16,19). The summed E-state index contributed by atoms with van der Waals surface area (Å²) in [4.78, 5) is 11.5. The normalized spacial score (nSPS) is 10.8. The summed E-state index contributed by atoms with van der Waals surface area (Å²) < 4.78 is 5.56. The molecule has 2 rings (SSSR count). The van der Waals surface area contributed by atoms with Gasteiger partial charge in [-0.2, -0.15) is 0 Å². The number of nitrogens with zero attached hydrogens (tertiary/aromatic N) is 2. The van der Waals surface area contributed by atoms with Crippen molar-refractivity contribution >= 4 is 5.91 Å². The lowest BCUT2D eigenvalue weighted by atomic mass is 10.1. The van der Waals surface area contributed by atoms with Crippen molar-refractivity contribution in [2.24, 2.45) is 5.92 Å². The van der Waals surface area contributed by atoms with Gasteiger partial charge in [0.1, 0.15) is 0 Å². The molecule has 5 nitrogen and oxygen atoms in total. The van der Waals surface area contributed by atoms with Crippen LogP contribution in [0, 0.1) is 5.92 Å². The fourth-order valence-electron chi connectivity index (χ4n) is 1.80. The van der Waals surface area contributed by atoms with Crippen molar-refractivity contribution < 1.29 is 9.21 Å². The Morgan fingerprint density at radius 2 is 2.00 bits per heavy atom. The molecule has 0 saturated carbocycles. The average molecular weight is 273 g/mol. The van der Waals surface area contributed by atoms with E-state index in [-0.39, 0.29) is 5.91 Å². The Morgan fingerprint density at radius 1 is 1.25 bits per heavy atom. The van der Waals surface area contributed by atoms with E-state index >= 15 is 0 Å². The molecular formula is C15H19N3O2. The van der Waals surface area contributed by atoms with E-state index in [9.17, 15) is 4.79 Å². The highest BCUT2D eigenvalue weighted by Gasteiger charge is 2.09. The van der Waals surface area contributed by atoms with E-state index in [1.54, 1.807) is 0 Å². The Bertz CT molecular complexity index is 549. The van der Waals surface area contributed by atoms with Crippen LogP contribution in [0.1, 0.15) is 26.2 Å². The predicted molar refractivity (Wildman–Crippen MR) is 75.9 cm³/mol. The highest BCUT2D eigenvalue weighted by Crippen LogP contribution is 2.16. The smallest absolute Gasteiger partial charge is 0.247 e. The molecule has 2 aromatic rings. The van der Waals surface area contributed by atoms with Crippen LogP contribution in [-0.4, -0.2) is 22.6 Å². The molecule has 0 unspecified atom stereocenters. The minimum atomic E-state index is 0.0581. The van der Waals surface area contributed by atoms with Gasteiger partial charge in [-0.25, -0.2) is 0 Å². The van der Waals surface area contributed by atoms with Crippen molar-refractivity contribution in [1.82, 2.24) is 15.5 Å². The molecule has 0 radical (unpaired) electrons. The number of hydrogen-bond donors (Lipinski definition) is 1. The first-order valence-corrected chi connectivity index (χ1v) is 6.79. The molecular weight excluding hydrogens is 254 g/mol. The Hall–Kier alpha value is -2.17. The average Bonchev–Trinajstić information content (AvgIpc) is 2.88. The number of carbonyl (C=O) groups excluding carboxylic acids is 1. The van der Waals surface area contributed by atoms with E-state index in [0.717, 1.165) is 5.56 Å². The molecule has 0 saturated heterocycles. The third-order valence-electron chi connectivity index (χ3n) is 2.74. The van der Waals surface area contributed by atoms with E-state index in [2.05, 4.69) is 15.5 Å². The van der Waals surface area contributed by atoms with Crippen LogP contribution < -0.4 is 5.32 Å². The highest BCUT2D eigenvalue weighted by molar-refractivity contribution is 5.76. The first kappa shape index (κ1) is 14.2. The maximum atomic E-state index is 11.5. The summed E-state index contributed by atoms with van der Waals surface area (Å²) in [5, 5.41) is 10.8. The van der Waals surface area contributed by atoms with Gasteiger partial charge in [0.05, 0.1) is 0 Å². The first-order valence-electron chi connectivity index (χ1n) is 6.79. The molecule has 0 bridgehead atoms. The van der Waals surface area contributed by atoms with Crippen molar-refractivity contribution in [2.45, 2.75) is 26.7 Å². The Kier molecular flexibility index (Phi) is 4.87. The number of amides is 1. The molecule has 20 heavy (non-hydrogen) atoms. The van der Waals surface area contributed by atoms with Crippen molar-refractivity contribution in [3.05, 3.63) is 36.2 Å². The Balaban J connectivity index is 1.83. The molecule has 1 amide bonds. The van der Waals surface area contributed by atoms with Crippen LogP contribution in [0.2, 0.25) is 0 Å². The number of nitrogens with one attached hydrogen (secondary N) is 1. The third kappa shape index (κ3) is 4.19. The maximum absolute atomic E-state index is 11.5. The number of aromatic nitrogens is 2. The van der Waals surface area contributed by atoms with Gasteiger partial charge in [-0.3, -0.25) is 4.79 Å². The lowest BCUT2D eigenvalue weighted by Gasteiger charge is -2.05. The van der Waals surface area contributed by atoms with Gasteiger partial charge in [-0.05, 0) is 18.1 Å². The number of benzene rings is 1. The van der Waals surface area contributed by atoms with Crippen LogP contribution in [-0.2, 0) is 11.2 Å². The highest BCUT2D eigenvalue weighted by atomic mass is 16.4. The number of rotatable bonds is 6. The van der Waals surface area contributed by atoms with Gasteiger partial charge in [0.2, 0.25) is 17.7 Å². The predicted octanol–water partition coefficient (Wildman–Crippen LogP) is 2.44. The maximum Gasteiger partial charge on any atom is 0.247 e. The van der Waals surface area contributed by atoms with E-state index < -0.39 is 0 Å². The van der Waals surface area contributed by atoms with E-state index in [4.69, 9.17) is 4.42 Å². The molecule has 0 spiro atoms. The third-order valence-corrected chi connectivity index (χ3v) is 2.74. The van der Waals surface area contributed by atoms with E-state index in [0.29, 0.717) is 37.1 Å². The summed E-state index contributed by atoms with van der Waals surface area (Å²) in [6, 6.07) is 9.62. The van der Waals surface area contributed by atoms with Gasteiger partial charge >= 0.3 is 0 Å². The van der Waals surface area contributed by atoms with Crippen LogP contribution in [0.15, 0.2) is 34.7 Å². The van der Waals surface area contributed by atoms with E-state index in [1.807, 2.05) is 44.2 Å². The first-order chi connectivity index (χ1) is 9.65. The molecule has 1 aromatic heterocycles. The summed E-state index contributed by atoms with van der Waals surface area (Å²) in [7, 11) is 0.